The van der Waals surface area contributed by atoms with Crippen LogP contribution in [0.25, 0.3) is 6.08 Å². The van der Waals surface area contributed by atoms with Gasteiger partial charge in [-0.1, -0.05) is 18.2 Å². The van der Waals surface area contributed by atoms with E-state index >= 15 is 0 Å². The number of thioether (sulfide) groups is 1. The minimum atomic E-state index is -0.832. The molecular formula is C16H19NO3S. The Balaban J connectivity index is 2.49. The second-order valence-corrected chi connectivity index (χ2v) is 5.10. The molecule has 4 nitrogen and oxygen atoms in total. The Kier molecular flexibility index (Phi) is 7.32. The average molecular weight is 305 g/mol. The highest BCUT2D eigenvalue weighted by Gasteiger charge is 2.15. The van der Waals surface area contributed by atoms with E-state index in [-0.39, 0.29) is 5.91 Å². The van der Waals surface area contributed by atoms with Crippen LogP contribution in [0, 0.1) is 0 Å². The zero-order valence-electron chi connectivity index (χ0n) is 12.2. The van der Waals surface area contributed by atoms with Crippen LogP contribution in [0.4, 0.5) is 0 Å². The Hall–Kier alpha value is -2.01. The Morgan fingerprint density at radius 3 is 2.62 bits per heavy atom. The SMILES string of the molecule is C=CCNC(=O)[C@H](C)OC(=O)/C=C/c1ccc(SC)cc1. The average Bonchev–Trinajstić information content (AvgIpc) is 2.50. The molecular weight excluding hydrogens is 286 g/mol. The molecule has 0 spiro atoms. The van der Waals surface area contributed by atoms with Crippen molar-refractivity contribution in [2.24, 2.45) is 0 Å². The van der Waals surface area contributed by atoms with Crippen molar-refractivity contribution in [1.29, 1.82) is 0 Å². The van der Waals surface area contributed by atoms with E-state index in [0.29, 0.717) is 6.54 Å². The van der Waals surface area contributed by atoms with Gasteiger partial charge in [-0.2, -0.15) is 0 Å². The summed E-state index contributed by atoms with van der Waals surface area (Å²) in [5, 5.41) is 2.56. The summed E-state index contributed by atoms with van der Waals surface area (Å²) >= 11 is 1.65. The summed E-state index contributed by atoms with van der Waals surface area (Å²) in [7, 11) is 0. The third kappa shape index (κ3) is 6.31. The van der Waals surface area contributed by atoms with Gasteiger partial charge >= 0.3 is 5.97 Å². The molecule has 0 aliphatic rings. The molecule has 0 aliphatic carbocycles. The summed E-state index contributed by atoms with van der Waals surface area (Å²) in [6.07, 6.45) is 5.69. The van der Waals surface area contributed by atoms with Gasteiger partial charge in [0.2, 0.25) is 0 Å². The molecule has 112 valence electrons. The van der Waals surface area contributed by atoms with Crippen molar-refractivity contribution < 1.29 is 14.3 Å². The lowest BCUT2D eigenvalue weighted by Gasteiger charge is -2.11. The van der Waals surface area contributed by atoms with Crippen molar-refractivity contribution in [2.45, 2.75) is 17.9 Å². The molecule has 0 fully saturated rings. The molecule has 1 atom stereocenters. The number of nitrogens with one attached hydrogen (secondary N) is 1. The number of rotatable bonds is 7. The van der Waals surface area contributed by atoms with E-state index in [9.17, 15) is 9.59 Å². The van der Waals surface area contributed by atoms with Crippen LogP contribution in [0.1, 0.15) is 12.5 Å². The summed E-state index contributed by atoms with van der Waals surface area (Å²) in [6, 6.07) is 7.77. The van der Waals surface area contributed by atoms with Crippen LogP contribution in [-0.4, -0.2) is 30.8 Å². The number of hydrogen-bond donors (Lipinski definition) is 1. The third-order valence-corrected chi connectivity index (χ3v) is 3.35. The molecule has 0 bridgehead atoms. The van der Waals surface area contributed by atoms with Gasteiger partial charge in [-0.15, -0.1) is 18.3 Å². The first kappa shape index (κ1) is 17.0. The molecule has 0 saturated heterocycles. The fourth-order valence-electron chi connectivity index (χ4n) is 1.46. The van der Waals surface area contributed by atoms with Crippen molar-refractivity contribution in [3.05, 3.63) is 48.6 Å². The number of carbonyl (C=O) groups is 2. The number of ether oxygens (including phenoxy) is 1. The van der Waals surface area contributed by atoms with Gasteiger partial charge in [-0.05, 0) is 37.0 Å². The van der Waals surface area contributed by atoms with Crippen LogP contribution >= 0.6 is 11.8 Å². The van der Waals surface area contributed by atoms with Gasteiger partial charge in [0.15, 0.2) is 6.10 Å². The van der Waals surface area contributed by atoms with E-state index in [4.69, 9.17) is 4.74 Å². The lowest BCUT2D eigenvalue weighted by Crippen LogP contribution is -2.35. The van der Waals surface area contributed by atoms with E-state index < -0.39 is 12.1 Å². The van der Waals surface area contributed by atoms with Gasteiger partial charge in [0.05, 0.1) is 0 Å². The maximum Gasteiger partial charge on any atom is 0.331 e. The van der Waals surface area contributed by atoms with E-state index in [0.717, 1.165) is 10.5 Å². The van der Waals surface area contributed by atoms with Crippen LogP contribution in [0.5, 0.6) is 0 Å². The highest BCUT2D eigenvalue weighted by atomic mass is 32.2. The molecule has 0 aromatic heterocycles. The molecule has 5 heteroatoms. The minimum absolute atomic E-state index is 0.346. The van der Waals surface area contributed by atoms with E-state index in [1.807, 2.05) is 30.5 Å². The van der Waals surface area contributed by atoms with Gasteiger partial charge in [-0.25, -0.2) is 4.79 Å². The van der Waals surface area contributed by atoms with Crippen LogP contribution in [0.3, 0.4) is 0 Å². The summed E-state index contributed by atoms with van der Waals surface area (Å²) in [5.41, 5.74) is 0.897. The van der Waals surface area contributed by atoms with Crippen molar-refractivity contribution in [3.8, 4) is 0 Å². The second-order valence-electron chi connectivity index (χ2n) is 4.22. The van der Waals surface area contributed by atoms with Crippen molar-refractivity contribution in [3.63, 3.8) is 0 Å². The molecule has 0 saturated carbocycles. The van der Waals surface area contributed by atoms with Crippen molar-refractivity contribution in [2.75, 3.05) is 12.8 Å². The minimum Gasteiger partial charge on any atom is -0.449 e. The smallest absolute Gasteiger partial charge is 0.331 e. The zero-order chi connectivity index (χ0) is 15.7. The number of hydrogen-bond acceptors (Lipinski definition) is 4. The van der Waals surface area contributed by atoms with Crippen LogP contribution in [0.15, 0.2) is 47.9 Å². The molecule has 1 amide bonds. The van der Waals surface area contributed by atoms with Crippen LogP contribution < -0.4 is 5.32 Å². The first-order chi connectivity index (χ1) is 10.1. The Morgan fingerprint density at radius 1 is 1.38 bits per heavy atom. The molecule has 0 radical (unpaired) electrons. The molecule has 1 aromatic carbocycles. The third-order valence-electron chi connectivity index (χ3n) is 2.61. The molecule has 1 N–H and O–H groups in total. The molecule has 0 heterocycles. The van der Waals surface area contributed by atoms with E-state index in [1.54, 1.807) is 23.9 Å². The highest BCUT2D eigenvalue weighted by Crippen LogP contribution is 2.15. The second kappa shape index (κ2) is 9.02. The molecule has 0 aliphatic heterocycles. The maximum atomic E-state index is 11.6. The van der Waals surface area contributed by atoms with Gasteiger partial charge in [0.25, 0.3) is 5.91 Å². The standard InChI is InChI=1S/C16H19NO3S/c1-4-11-17-16(19)12(2)20-15(18)10-7-13-5-8-14(21-3)9-6-13/h4-10,12H,1,11H2,2-3H3,(H,17,19)/b10-7+/t12-/m0/s1. The lowest BCUT2D eigenvalue weighted by molar-refractivity contribution is -0.150. The maximum absolute atomic E-state index is 11.6. The number of esters is 1. The van der Waals surface area contributed by atoms with Crippen molar-refractivity contribution >= 4 is 29.7 Å². The van der Waals surface area contributed by atoms with Gasteiger partial charge in [0.1, 0.15) is 0 Å². The Labute approximate surface area is 129 Å². The first-order valence-corrected chi connectivity index (χ1v) is 7.70. The number of carbonyl (C=O) groups excluding carboxylic acids is 2. The lowest BCUT2D eigenvalue weighted by atomic mass is 10.2. The van der Waals surface area contributed by atoms with E-state index in [1.165, 1.54) is 13.0 Å². The Morgan fingerprint density at radius 2 is 2.05 bits per heavy atom. The molecule has 1 rings (SSSR count). The first-order valence-electron chi connectivity index (χ1n) is 6.48. The predicted molar refractivity (Wildman–Crippen MR) is 86.0 cm³/mol. The summed E-state index contributed by atoms with van der Waals surface area (Å²) in [5.74, 6) is -0.897. The van der Waals surface area contributed by atoms with Crippen LogP contribution in [-0.2, 0) is 14.3 Å². The predicted octanol–water partition coefficient (Wildman–Crippen LogP) is 2.66. The quantitative estimate of drug-likeness (QED) is 0.364. The topological polar surface area (TPSA) is 55.4 Å². The monoisotopic (exact) mass is 305 g/mol. The fraction of sp³-hybridized carbons (Fsp3) is 0.250. The number of amides is 1. The summed E-state index contributed by atoms with van der Waals surface area (Å²) < 4.78 is 5.00. The molecule has 0 unspecified atom stereocenters. The van der Waals surface area contributed by atoms with Crippen LogP contribution in [0.2, 0.25) is 0 Å². The van der Waals surface area contributed by atoms with Crippen molar-refractivity contribution in [1.82, 2.24) is 5.32 Å². The largest absolute Gasteiger partial charge is 0.449 e. The van der Waals surface area contributed by atoms with E-state index in [2.05, 4.69) is 11.9 Å². The highest BCUT2D eigenvalue weighted by molar-refractivity contribution is 7.98. The molecule has 1 aromatic rings. The normalized spacial score (nSPS) is 11.9. The summed E-state index contributed by atoms with van der Waals surface area (Å²) in [4.78, 5) is 24.3. The van der Waals surface area contributed by atoms with Gasteiger partial charge in [-0.3, -0.25) is 4.79 Å². The van der Waals surface area contributed by atoms with Gasteiger partial charge < -0.3 is 10.1 Å². The fourth-order valence-corrected chi connectivity index (χ4v) is 1.87. The molecule has 21 heavy (non-hydrogen) atoms. The zero-order valence-corrected chi connectivity index (χ0v) is 13.0. The number of benzene rings is 1. The van der Waals surface area contributed by atoms with Gasteiger partial charge in [0, 0.05) is 17.5 Å². The summed E-state index contributed by atoms with van der Waals surface area (Å²) in [6.45, 7) is 5.36. The Bertz CT molecular complexity index is 523.